The maximum absolute atomic E-state index is 14.2. The summed E-state index contributed by atoms with van der Waals surface area (Å²) in [7, 11) is 0. The van der Waals surface area contributed by atoms with Crippen LogP contribution >= 0.6 is 34.8 Å². The van der Waals surface area contributed by atoms with E-state index in [1.165, 1.54) is 0 Å². The summed E-state index contributed by atoms with van der Waals surface area (Å²) < 4.78 is 0. The molecule has 4 atom stereocenters. The summed E-state index contributed by atoms with van der Waals surface area (Å²) in [4.78, 5) is 28.2. The van der Waals surface area contributed by atoms with Gasteiger partial charge in [-0.3, -0.25) is 9.59 Å². The third-order valence-corrected chi connectivity index (χ3v) is 9.33. The van der Waals surface area contributed by atoms with Crippen molar-refractivity contribution in [2.75, 3.05) is 5.32 Å². The summed E-state index contributed by atoms with van der Waals surface area (Å²) in [6.45, 7) is 6.38. The second-order valence-electron chi connectivity index (χ2n) is 12.1. The molecule has 2 aromatic rings. The van der Waals surface area contributed by atoms with E-state index < -0.39 is 17.4 Å². The molecular formula is C29H34Cl3N3O3. The number of carbonyl (C=O) groups is 2. The second-order valence-corrected chi connectivity index (χ2v) is 13.3. The minimum atomic E-state index is -1.12. The quantitative estimate of drug-likeness (QED) is 0.368. The average molecular weight is 579 g/mol. The topological polar surface area (TPSA) is 90.5 Å². The van der Waals surface area contributed by atoms with E-state index in [0.29, 0.717) is 58.4 Å². The molecule has 5 rings (SSSR count). The van der Waals surface area contributed by atoms with E-state index >= 15 is 0 Å². The first kappa shape index (κ1) is 27.7. The third-order valence-electron chi connectivity index (χ3n) is 8.26. The molecule has 1 saturated carbocycles. The van der Waals surface area contributed by atoms with Crippen LogP contribution in [0.5, 0.6) is 0 Å². The molecule has 2 aliphatic heterocycles. The van der Waals surface area contributed by atoms with Crippen LogP contribution in [0.3, 0.4) is 0 Å². The van der Waals surface area contributed by atoms with Crippen LogP contribution in [-0.4, -0.2) is 41.2 Å². The fourth-order valence-corrected chi connectivity index (χ4v) is 7.26. The molecule has 0 radical (unpaired) electrons. The van der Waals surface area contributed by atoms with Gasteiger partial charge < -0.3 is 21.1 Å². The summed E-state index contributed by atoms with van der Waals surface area (Å²) in [5, 5.41) is 21.0. The Labute approximate surface area is 238 Å². The molecule has 2 amide bonds. The number of aliphatic hydroxyl groups is 1. The van der Waals surface area contributed by atoms with Crippen LogP contribution in [0.25, 0.3) is 0 Å². The molecule has 1 aliphatic carbocycles. The summed E-state index contributed by atoms with van der Waals surface area (Å²) in [5.74, 6) is -0.996. The SMILES string of the molecule is CC(C)(C)C[C@@H]1N[C@@H](C(=O)NC2CCC(O)CC2)[C@H](c2cccc(Cl)c2Cl)[C@]12C(=O)Nc1cc(Cl)ccc12. The molecule has 2 aromatic carbocycles. The Hall–Kier alpha value is -1.83. The van der Waals surface area contributed by atoms with E-state index in [4.69, 9.17) is 34.8 Å². The molecule has 9 heteroatoms. The number of aliphatic hydroxyl groups excluding tert-OH is 1. The summed E-state index contributed by atoms with van der Waals surface area (Å²) in [6.07, 6.45) is 3.03. The molecule has 0 aromatic heterocycles. The van der Waals surface area contributed by atoms with Gasteiger partial charge in [-0.05, 0) is 66.8 Å². The highest BCUT2D eigenvalue weighted by Gasteiger charge is 2.66. The summed E-state index contributed by atoms with van der Waals surface area (Å²) >= 11 is 19.6. The fourth-order valence-electron chi connectivity index (χ4n) is 6.66. The average Bonchev–Trinajstić information content (AvgIpc) is 3.31. The number of fused-ring (bicyclic) bond motifs is 2. The number of rotatable bonds is 4. The molecule has 38 heavy (non-hydrogen) atoms. The van der Waals surface area contributed by atoms with Crippen molar-refractivity contribution >= 4 is 52.3 Å². The van der Waals surface area contributed by atoms with Crippen LogP contribution < -0.4 is 16.0 Å². The minimum absolute atomic E-state index is 0.0377. The lowest BCUT2D eigenvalue weighted by Crippen LogP contribution is -2.49. The fraction of sp³-hybridized carbons (Fsp3) is 0.517. The van der Waals surface area contributed by atoms with Crippen LogP contribution in [0.4, 0.5) is 5.69 Å². The van der Waals surface area contributed by atoms with Crippen LogP contribution in [0.15, 0.2) is 36.4 Å². The van der Waals surface area contributed by atoms with Crippen molar-refractivity contribution in [1.29, 1.82) is 0 Å². The van der Waals surface area contributed by atoms with Gasteiger partial charge in [0.25, 0.3) is 0 Å². The number of amides is 2. The van der Waals surface area contributed by atoms with Gasteiger partial charge in [0.2, 0.25) is 11.8 Å². The van der Waals surface area contributed by atoms with Gasteiger partial charge in [-0.25, -0.2) is 0 Å². The zero-order valence-electron chi connectivity index (χ0n) is 21.8. The first-order valence-corrected chi connectivity index (χ1v) is 14.3. The Bertz CT molecular complexity index is 1260. The van der Waals surface area contributed by atoms with Gasteiger partial charge in [-0.15, -0.1) is 0 Å². The van der Waals surface area contributed by atoms with Gasteiger partial charge in [-0.2, -0.15) is 0 Å². The molecule has 0 unspecified atom stereocenters. The normalized spacial score (nSPS) is 30.8. The van der Waals surface area contributed by atoms with Crippen molar-refractivity contribution in [2.24, 2.45) is 5.41 Å². The first-order chi connectivity index (χ1) is 17.9. The lowest BCUT2D eigenvalue weighted by molar-refractivity contribution is -0.124. The van der Waals surface area contributed by atoms with Crippen molar-refractivity contribution in [3.63, 3.8) is 0 Å². The molecular weight excluding hydrogens is 545 g/mol. The number of nitrogens with one attached hydrogen (secondary N) is 3. The largest absolute Gasteiger partial charge is 0.393 e. The molecule has 1 saturated heterocycles. The van der Waals surface area contributed by atoms with Crippen molar-refractivity contribution in [3.8, 4) is 0 Å². The van der Waals surface area contributed by atoms with E-state index in [1.54, 1.807) is 24.3 Å². The van der Waals surface area contributed by atoms with E-state index in [2.05, 4.69) is 36.7 Å². The lowest BCUT2D eigenvalue weighted by Gasteiger charge is -2.38. The number of hydrogen-bond acceptors (Lipinski definition) is 4. The number of hydrogen-bond donors (Lipinski definition) is 4. The van der Waals surface area contributed by atoms with Crippen molar-refractivity contribution in [3.05, 3.63) is 62.6 Å². The minimum Gasteiger partial charge on any atom is -0.393 e. The summed E-state index contributed by atoms with van der Waals surface area (Å²) in [6, 6.07) is 9.67. The zero-order chi connectivity index (χ0) is 27.4. The van der Waals surface area contributed by atoms with Gasteiger partial charge in [0.05, 0.1) is 22.2 Å². The molecule has 204 valence electrons. The third kappa shape index (κ3) is 4.84. The van der Waals surface area contributed by atoms with Crippen molar-refractivity contribution < 1.29 is 14.7 Å². The number of benzene rings is 2. The van der Waals surface area contributed by atoms with E-state index in [0.717, 1.165) is 5.56 Å². The number of anilines is 1. The summed E-state index contributed by atoms with van der Waals surface area (Å²) in [5.41, 5.74) is 0.833. The van der Waals surface area contributed by atoms with Gasteiger partial charge in [0.1, 0.15) is 5.41 Å². The van der Waals surface area contributed by atoms with E-state index in [-0.39, 0.29) is 35.4 Å². The van der Waals surface area contributed by atoms with Crippen LogP contribution in [0.1, 0.15) is 69.9 Å². The molecule has 0 bridgehead atoms. The van der Waals surface area contributed by atoms with Gasteiger partial charge in [-0.1, -0.05) is 73.8 Å². The highest BCUT2D eigenvalue weighted by Crippen LogP contribution is 2.57. The van der Waals surface area contributed by atoms with E-state index in [9.17, 15) is 14.7 Å². The Kier molecular flexibility index (Phi) is 7.51. The predicted molar refractivity (Wildman–Crippen MR) is 152 cm³/mol. The Balaban J connectivity index is 1.67. The lowest BCUT2D eigenvalue weighted by atomic mass is 9.62. The van der Waals surface area contributed by atoms with Crippen LogP contribution in [0.2, 0.25) is 15.1 Å². The zero-order valence-corrected chi connectivity index (χ0v) is 24.1. The Morgan fingerprint density at radius 3 is 2.50 bits per heavy atom. The van der Waals surface area contributed by atoms with Gasteiger partial charge in [0.15, 0.2) is 0 Å². The Morgan fingerprint density at radius 1 is 1.11 bits per heavy atom. The maximum atomic E-state index is 14.2. The van der Waals surface area contributed by atoms with Crippen LogP contribution in [0, 0.1) is 5.41 Å². The standard InChI is InChI=1S/C29H34Cl3N3O3/c1-28(2,3)14-22-29(19-12-7-15(30)13-21(19)34-27(29)38)23(18-5-4-6-20(31)24(18)32)25(35-22)26(37)33-16-8-10-17(36)11-9-16/h4-7,12-13,16-17,22-23,25,35-36H,8-11,14H2,1-3H3,(H,33,37)(H,34,38)/t16?,17?,22-,23-,25+,29+/m0/s1. The predicted octanol–water partition coefficient (Wildman–Crippen LogP) is 5.82. The van der Waals surface area contributed by atoms with Crippen molar-refractivity contribution in [2.45, 2.75) is 88.4 Å². The van der Waals surface area contributed by atoms with Crippen molar-refractivity contribution in [1.82, 2.24) is 10.6 Å². The molecule has 3 aliphatic rings. The maximum Gasteiger partial charge on any atom is 0.238 e. The highest BCUT2D eigenvalue weighted by atomic mass is 35.5. The molecule has 4 N–H and O–H groups in total. The first-order valence-electron chi connectivity index (χ1n) is 13.2. The van der Waals surface area contributed by atoms with Crippen LogP contribution in [-0.2, 0) is 15.0 Å². The molecule has 2 fully saturated rings. The smallest absolute Gasteiger partial charge is 0.238 e. The molecule has 2 heterocycles. The van der Waals surface area contributed by atoms with Gasteiger partial charge >= 0.3 is 0 Å². The Morgan fingerprint density at radius 2 is 1.82 bits per heavy atom. The highest BCUT2D eigenvalue weighted by molar-refractivity contribution is 6.42. The van der Waals surface area contributed by atoms with E-state index in [1.807, 2.05) is 12.1 Å². The number of halogens is 3. The van der Waals surface area contributed by atoms with Gasteiger partial charge in [0, 0.05) is 28.7 Å². The monoisotopic (exact) mass is 577 g/mol. The second kappa shape index (κ2) is 10.3. The molecule has 1 spiro atoms. The number of carbonyl (C=O) groups excluding carboxylic acids is 2. The molecule has 6 nitrogen and oxygen atoms in total.